The number of carbonyl (C=O) groups excluding carboxylic acids is 1. The number of carbonyl (C=O) groups is 1. The molecule has 0 aliphatic carbocycles. The first-order valence-corrected chi connectivity index (χ1v) is 11.2. The van der Waals surface area contributed by atoms with Gasteiger partial charge in [0.15, 0.2) is 0 Å². The summed E-state index contributed by atoms with van der Waals surface area (Å²) >= 11 is 0. The second-order valence-corrected chi connectivity index (χ2v) is 9.01. The molecule has 1 aromatic rings. The van der Waals surface area contributed by atoms with E-state index in [1.807, 2.05) is 35.2 Å². The number of hydrogen-bond donors (Lipinski definition) is 0. The second kappa shape index (κ2) is 8.99. The molecule has 0 atom stereocenters. The van der Waals surface area contributed by atoms with Crippen LogP contribution in [0.3, 0.4) is 0 Å². The Labute approximate surface area is 162 Å². The van der Waals surface area contributed by atoms with Gasteiger partial charge in [0.2, 0.25) is 15.9 Å². The summed E-state index contributed by atoms with van der Waals surface area (Å²) in [4.78, 5) is 17.0. The van der Waals surface area contributed by atoms with Crippen molar-refractivity contribution in [1.29, 1.82) is 0 Å². The average Bonchev–Trinajstić information content (AvgIpc) is 2.73. The van der Waals surface area contributed by atoms with Crippen LogP contribution in [0.4, 0.5) is 0 Å². The lowest BCUT2D eigenvalue weighted by atomic mass is 9.96. The van der Waals surface area contributed by atoms with Crippen molar-refractivity contribution >= 4 is 22.0 Å². The minimum Gasteiger partial charge on any atom is -0.340 e. The van der Waals surface area contributed by atoms with Crippen LogP contribution in [0.25, 0.3) is 6.08 Å². The summed E-state index contributed by atoms with van der Waals surface area (Å²) in [6, 6.07) is 9.40. The van der Waals surface area contributed by atoms with Crippen molar-refractivity contribution in [1.82, 2.24) is 14.1 Å². The molecule has 0 spiro atoms. The van der Waals surface area contributed by atoms with E-state index in [1.165, 1.54) is 9.71 Å². The van der Waals surface area contributed by atoms with Crippen LogP contribution in [-0.2, 0) is 14.8 Å². The Morgan fingerprint density at radius 1 is 1.04 bits per heavy atom. The maximum Gasteiger partial charge on any atom is 0.236 e. The molecular weight excluding hydrogens is 362 g/mol. The standard InChI is InChI=1S/C20H29N3O3S/c1-2-21-13-15-22(16-14-21)20(24)19-8-11-23(12-9-19)27(25,26)17-10-18-6-4-3-5-7-18/h3-7,10,17,19H,2,8-9,11-16H2,1H3. The molecule has 1 amide bonds. The summed E-state index contributed by atoms with van der Waals surface area (Å²) in [6.45, 7) is 7.41. The molecule has 6 nitrogen and oxygen atoms in total. The summed E-state index contributed by atoms with van der Waals surface area (Å²) in [7, 11) is -3.44. The lowest BCUT2D eigenvalue weighted by molar-refractivity contribution is -0.138. The molecule has 0 unspecified atom stereocenters. The third-order valence-corrected chi connectivity index (χ3v) is 7.09. The summed E-state index contributed by atoms with van der Waals surface area (Å²) in [6.07, 6.45) is 2.83. The molecule has 0 N–H and O–H groups in total. The molecule has 2 heterocycles. The monoisotopic (exact) mass is 391 g/mol. The Kier molecular flexibility index (Phi) is 6.68. The van der Waals surface area contributed by atoms with Crippen molar-refractivity contribution in [2.24, 2.45) is 5.92 Å². The number of benzene rings is 1. The van der Waals surface area contributed by atoms with Crippen LogP contribution < -0.4 is 0 Å². The number of piperazine rings is 1. The molecule has 0 bridgehead atoms. The number of nitrogens with zero attached hydrogens (tertiary/aromatic N) is 3. The first kappa shape index (κ1) is 20.0. The van der Waals surface area contributed by atoms with Gasteiger partial charge in [0.25, 0.3) is 0 Å². The minimum atomic E-state index is -3.44. The smallest absolute Gasteiger partial charge is 0.236 e. The normalized spacial score (nSPS) is 21.0. The van der Waals surface area contributed by atoms with E-state index in [0.717, 1.165) is 38.3 Å². The Morgan fingerprint density at radius 2 is 1.67 bits per heavy atom. The summed E-state index contributed by atoms with van der Waals surface area (Å²) < 4.78 is 26.6. The van der Waals surface area contributed by atoms with Crippen molar-refractivity contribution < 1.29 is 13.2 Å². The number of sulfonamides is 1. The van der Waals surface area contributed by atoms with Gasteiger partial charge in [-0.3, -0.25) is 4.79 Å². The lowest BCUT2D eigenvalue weighted by Crippen LogP contribution is -2.51. The van der Waals surface area contributed by atoms with E-state index in [2.05, 4.69) is 11.8 Å². The van der Waals surface area contributed by atoms with Gasteiger partial charge in [-0.1, -0.05) is 37.3 Å². The number of rotatable bonds is 5. The fraction of sp³-hybridized carbons (Fsp3) is 0.550. The van der Waals surface area contributed by atoms with Gasteiger partial charge in [0.1, 0.15) is 0 Å². The fourth-order valence-corrected chi connectivity index (χ4v) is 4.94. The summed E-state index contributed by atoms with van der Waals surface area (Å²) in [5, 5.41) is 1.27. The first-order valence-electron chi connectivity index (χ1n) is 9.74. The molecule has 2 saturated heterocycles. The first-order chi connectivity index (χ1) is 13.0. The van der Waals surface area contributed by atoms with Crippen LogP contribution in [0.15, 0.2) is 35.7 Å². The lowest BCUT2D eigenvalue weighted by Gasteiger charge is -2.37. The molecule has 0 radical (unpaired) electrons. The largest absolute Gasteiger partial charge is 0.340 e. The molecule has 2 aliphatic heterocycles. The van der Waals surface area contributed by atoms with E-state index in [4.69, 9.17) is 0 Å². The van der Waals surface area contributed by atoms with Crippen molar-refractivity contribution in [2.45, 2.75) is 19.8 Å². The van der Waals surface area contributed by atoms with E-state index in [1.54, 1.807) is 6.08 Å². The number of piperidine rings is 1. The predicted octanol–water partition coefficient (Wildman–Crippen LogP) is 1.86. The van der Waals surface area contributed by atoms with Crippen molar-refractivity contribution in [3.63, 3.8) is 0 Å². The van der Waals surface area contributed by atoms with Gasteiger partial charge in [0.05, 0.1) is 0 Å². The molecule has 0 aromatic heterocycles. The number of likely N-dealkylation sites (N-methyl/N-ethyl adjacent to an activating group) is 1. The second-order valence-electron chi connectivity index (χ2n) is 7.19. The zero-order chi connectivity index (χ0) is 19.3. The molecule has 3 rings (SSSR count). The quantitative estimate of drug-likeness (QED) is 0.769. The van der Waals surface area contributed by atoms with E-state index in [0.29, 0.717) is 25.9 Å². The highest BCUT2D eigenvalue weighted by atomic mass is 32.2. The van der Waals surface area contributed by atoms with Crippen LogP contribution in [0.2, 0.25) is 0 Å². The molecule has 1 aromatic carbocycles. The summed E-state index contributed by atoms with van der Waals surface area (Å²) in [5.41, 5.74) is 0.859. The van der Waals surface area contributed by atoms with E-state index in [-0.39, 0.29) is 11.8 Å². The van der Waals surface area contributed by atoms with Gasteiger partial charge in [-0.05, 0) is 31.0 Å². The molecule has 0 saturated carbocycles. The highest BCUT2D eigenvalue weighted by Gasteiger charge is 2.33. The van der Waals surface area contributed by atoms with E-state index < -0.39 is 10.0 Å². The Morgan fingerprint density at radius 3 is 2.26 bits per heavy atom. The molecule has 2 fully saturated rings. The fourth-order valence-electron chi connectivity index (χ4n) is 3.71. The van der Waals surface area contributed by atoms with E-state index >= 15 is 0 Å². The van der Waals surface area contributed by atoms with Crippen molar-refractivity contribution in [3.05, 3.63) is 41.3 Å². The topological polar surface area (TPSA) is 60.9 Å². The third-order valence-electron chi connectivity index (χ3n) is 5.53. The highest BCUT2D eigenvalue weighted by Crippen LogP contribution is 2.23. The molecule has 27 heavy (non-hydrogen) atoms. The van der Waals surface area contributed by atoms with Gasteiger partial charge in [-0.2, -0.15) is 4.31 Å². The predicted molar refractivity (Wildman–Crippen MR) is 107 cm³/mol. The Bertz CT molecular complexity index is 748. The Hall–Kier alpha value is -1.70. The van der Waals surface area contributed by atoms with E-state index in [9.17, 15) is 13.2 Å². The van der Waals surface area contributed by atoms with Crippen LogP contribution >= 0.6 is 0 Å². The zero-order valence-corrected chi connectivity index (χ0v) is 16.8. The van der Waals surface area contributed by atoms with Crippen LogP contribution in [0.5, 0.6) is 0 Å². The van der Waals surface area contributed by atoms with Crippen molar-refractivity contribution in [2.75, 3.05) is 45.8 Å². The van der Waals surface area contributed by atoms with Gasteiger partial charge in [0, 0.05) is 50.6 Å². The minimum absolute atomic E-state index is 0.0530. The maximum atomic E-state index is 12.7. The average molecular weight is 392 g/mol. The molecule has 148 valence electrons. The number of amides is 1. The van der Waals surface area contributed by atoms with Crippen molar-refractivity contribution in [3.8, 4) is 0 Å². The van der Waals surface area contributed by atoms with Gasteiger partial charge >= 0.3 is 0 Å². The highest BCUT2D eigenvalue weighted by molar-refractivity contribution is 7.92. The molecule has 7 heteroatoms. The van der Waals surface area contributed by atoms with Crippen LogP contribution in [-0.4, -0.2) is 74.2 Å². The Balaban J connectivity index is 1.52. The van der Waals surface area contributed by atoms with Gasteiger partial charge in [-0.25, -0.2) is 8.42 Å². The summed E-state index contributed by atoms with van der Waals surface area (Å²) in [5.74, 6) is 0.144. The maximum absolute atomic E-state index is 12.7. The van der Waals surface area contributed by atoms with Crippen LogP contribution in [0.1, 0.15) is 25.3 Å². The van der Waals surface area contributed by atoms with Gasteiger partial charge < -0.3 is 9.80 Å². The molecule has 2 aliphatic rings. The van der Waals surface area contributed by atoms with Gasteiger partial charge in [-0.15, -0.1) is 0 Å². The third kappa shape index (κ3) is 5.18. The molecular formula is C20H29N3O3S. The zero-order valence-electron chi connectivity index (χ0n) is 16.0. The van der Waals surface area contributed by atoms with Crippen LogP contribution in [0, 0.1) is 5.92 Å². The number of hydrogen-bond acceptors (Lipinski definition) is 4. The SMILES string of the molecule is CCN1CCN(C(=O)C2CCN(S(=O)(=O)C=Cc3ccccc3)CC2)CC1.